The summed E-state index contributed by atoms with van der Waals surface area (Å²) >= 11 is 17.4. The Balaban J connectivity index is 2.86. The van der Waals surface area contributed by atoms with Crippen LogP contribution < -0.4 is 4.74 Å². The fraction of sp³-hybridized carbons (Fsp3) is 0.400. The average molecular weight is 545 g/mol. The van der Waals surface area contributed by atoms with Crippen molar-refractivity contribution in [1.82, 2.24) is 0 Å². The molecule has 0 fully saturated rings. The molecule has 1 aromatic rings. The van der Waals surface area contributed by atoms with Crippen LogP contribution in [0.3, 0.4) is 0 Å². The van der Waals surface area contributed by atoms with Crippen molar-refractivity contribution in [2.24, 2.45) is 5.92 Å². The van der Waals surface area contributed by atoms with Gasteiger partial charge in [0.15, 0.2) is 5.01 Å². The van der Waals surface area contributed by atoms with Gasteiger partial charge in [0.2, 0.25) is 0 Å². The van der Waals surface area contributed by atoms with E-state index >= 15 is 0 Å². The van der Waals surface area contributed by atoms with Gasteiger partial charge >= 0.3 is 0 Å². The zero-order valence-electron chi connectivity index (χ0n) is 8.31. The Kier molecular flexibility index (Phi) is 6.89. The summed E-state index contributed by atoms with van der Waals surface area (Å²) in [5, 5.41) is 0.870. The van der Waals surface area contributed by atoms with E-state index < -0.39 is 0 Å². The van der Waals surface area contributed by atoms with Gasteiger partial charge in [-0.15, -0.1) is 0 Å². The summed E-state index contributed by atoms with van der Waals surface area (Å²) in [6.45, 7) is 2.11. The molecular formula is C10H9Br5O. The first-order valence-corrected chi connectivity index (χ1v) is 8.89. The molecule has 0 heterocycles. The lowest BCUT2D eigenvalue weighted by molar-refractivity contribution is 0.244. The van der Waals surface area contributed by atoms with Gasteiger partial charge in [-0.2, -0.15) is 0 Å². The molecule has 0 radical (unpaired) electrons. The molecule has 1 aromatic carbocycles. The fourth-order valence-corrected chi connectivity index (χ4v) is 3.50. The molecule has 0 spiro atoms. The zero-order valence-corrected chi connectivity index (χ0v) is 16.2. The van der Waals surface area contributed by atoms with Gasteiger partial charge in [0.1, 0.15) is 5.75 Å². The summed E-state index contributed by atoms with van der Waals surface area (Å²) in [7, 11) is 0. The van der Waals surface area contributed by atoms with Crippen LogP contribution in [0.2, 0.25) is 0 Å². The van der Waals surface area contributed by atoms with E-state index in [4.69, 9.17) is 4.74 Å². The van der Waals surface area contributed by atoms with Gasteiger partial charge in [-0.1, -0.05) is 22.9 Å². The Morgan fingerprint density at radius 1 is 1.19 bits per heavy atom. The Bertz CT molecular complexity index is 368. The molecule has 0 N–H and O–H groups in total. The maximum Gasteiger partial charge on any atom is 0.156 e. The molecule has 0 saturated heterocycles. The van der Waals surface area contributed by atoms with E-state index in [1.54, 1.807) is 0 Å². The van der Waals surface area contributed by atoms with Crippen LogP contribution in [0.15, 0.2) is 25.6 Å². The van der Waals surface area contributed by atoms with Crippen LogP contribution in [-0.4, -0.2) is 10.3 Å². The molecule has 2 unspecified atom stereocenters. The maximum atomic E-state index is 5.82. The van der Waals surface area contributed by atoms with E-state index in [1.807, 2.05) is 12.1 Å². The standard InChI is InChI=1S/C10H9Br5O/c1-5(4-11)10(15)16-7-3-2-6(12)8(13)9(7)14/h2-3,5,10H,4H2,1H3. The second kappa shape index (κ2) is 7.12. The predicted octanol–water partition coefficient (Wildman–Crippen LogP) is 6.10. The van der Waals surface area contributed by atoms with E-state index in [-0.39, 0.29) is 5.01 Å². The number of benzene rings is 1. The molecule has 0 amide bonds. The van der Waals surface area contributed by atoms with Crippen molar-refractivity contribution < 1.29 is 4.74 Å². The fourth-order valence-electron chi connectivity index (χ4n) is 0.907. The SMILES string of the molecule is CC(CBr)C(Br)Oc1ccc(Br)c(Br)c1Br. The first kappa shape index (κ1) is 15.5. The lowest BCUT2D eigenvalue weighted by Crippen LogP contribution is -2.19. The van der Waals surface area contributed by atoms with Gasteiger partial charge < -0.3 is 4.74 Å². The number of halogens is 5. The highest BCUT2D eigenvalue weighted by molar-refractivity contribution is 9.14. The van der Waals surface area contributed by atoms with Crippen LogP contribution >= 0.6 is 79.6 Å². The van der Waals surface area contributed by atoms with Gasteiger partial charge in [-0.05, 0) is 75.9 Å². The van der Waals surface area contributed by atoms with Crippen LogP contribution in [0.1, 0.15) is 6.92 Å². The minimum absolute atomic E-state index is 0.0174. The van der Waals surface area contributed by atoms with E-state index in [0.29, 0.717) is 5.92 Å². The molecule has 0 aromatic heterocycles. The number of ether oxygens (including phenoxy) is 1. The second-order valence-electron chi connectivity index (χ2n) is 3.27. The summed E-state index contributed by atoms with van der Waals surface area (Å²) in [6, 6.07) is 3.87. The molecule has 1 rings (SSSR count). The van der Waals surface area contributed by atoms with Crippen molar-refractivity contribution >= 4 is 79.6 Å². The van der Waals surface area contributed by atoms with Crippen LogP contribution in [-0.2, 0) is 0 Å². The topological polar surface area (TPSA) is 9.23 Å². The smallest absolute Gasteiger partial charge is 0.156 e. The molecular weight excluding hydrogens is 536 g/mol. The summed E-state index contributed by atoms with van der Waals surface area (Å²) in [6.07, 6.45) is 0. The van der Waals surface area contributed by atoms with Crippen molar-refractivity contribution in [1.29, 1.82) is 0 Å². The van der Waals surface area contributed by atoms with Crippen molar-refractivity contribution in [2.75, 3.05) is 5.33 Å². The number of rotatable bonds is 4. The monoisotopic (exact) mass is 540 g/mol. The first-order valence-electron chi connectivity index (χ1n) is 4.47. The van der Waals surface area contributed by atoms with Crippen molar-refractivity contribution in [2.45, 2.75) is 11.9 Å². The summed E-state index contributed by atoms with van der Waals surface area (Å²) in [4.78, 5) is 0. The Hall–Kier alpha value is 1.42. The van der Waals surface area contributed by atoms with E-state index in [0.717, 1.165) is 24.5 Å². The summed E-state index contributed by atoms with van der Waals surface area (Å²) in [5.41, 5.74) is 0. The maximum absolute atomic E-state index is 5.82. The highest BCUT2D eigenvalue weighted by Crippen LogP contribution is 2.39. The Morgan fingerprint density at radius 2 is 1.81 bits per heavy atom. The predicted molar refractivity (Wildman–Crippen MR) is 85.8 cm³/mol. The molecule has 0 aliphatic heterocycles. The van der Waals surface area contributed by atoms with Crippen molar-refractivity contribution in [3.63, 3.8) is 0 Å². The zero-order chi connectivity index (χ0) is 12.3. The summed E-state index contributed by atoms with van der Waals surface area (Å²) < 4.78 is 8.68. The number of hydrogen-bond donors (Lipinski definition) is 0. The van der Waals surface area contributed by atoms with Crippen LogP contribution in [0.5, 0.6) is 5.75 Å². The van der Waals surface area contributed by atoms with Crippen molar-refractivity contribution in [3.8, 4) is 5.75 Å². The van der Waals surface area contributed by atoms with Gasteiger partial charge in [-0.3, -0.25) is 0 Å². The van der Waals surface area contributed by atoms with Gasteiger partial charge in [0, 0.05) is 20.2 Å². The molecule has 6 heteroatoms. The van der Waals surface area contributed by atoms with E-state index in [2.05, 4.69) is 86.6 Å². The summed E-state index contributed by atoms with van der Waals surface area (Å²) in [5.74, 6) is 1.19. The molecule has 1 nitrogen and oxygen atoms in total. The molecule has 16 heavy (non-hydrogen) atoms. The molecule has 90 valence electrons. The van der Waals surface area contributed by atoms with Crippen LogP contribution in [0.25, 0.3) is 0 Å². The molecule has 0 bridgehead atoms. The highest BCUT2D eigenvalue weighted by atomic mass is 79.9. The lowest BCUT2D eigenvalue weighted by atomic mass is 10.2. The number of hydrogen-bond acceptors (Lipinski definition) is 1. The van der Waals surface area contributed by atoms with Crippen molar-refractivity contribution in [3.05, 3.63) is 25.6 Å². The average Bonchev–Trinajstić information content (AvgIpc) is 2.28. The molecule has 2 atom stereocenters. The van der Waals surface area contributed by atoms with E-state index in [9.17, 15) is 0 Å². The van der Waals surface area contributed by atoms with Crippen LogP contribution in [0, 0.1) is 5.92 Å². The quantitative estimate of drug-likeness (QED) is 0.329. The number of alkyl halides is 2. The normalized spacial score (nSPS) is 14.6. The minimum Gasteiger partial charge on any atom is -0.478 e. The third-order valence-electron chi connectivity index (χ3n) is 1.93. The third kappa shape index (κ3) is 3.97. The third-order valence-corrected chi connectivity index (χ3v) is 7.38. The molecule has 0 aliphatic carbocycles. The van der Waals surface area contributed by atoms with Gasteiger partial charge in [-0.25, -0.2) is 0 Å². The largest absolute Gasteiger partial charge is 0.478 e. The second-order valence-corrected chi connectivity index (χ2v) is 7.26. The van der Waals surface area contributed by atoms with Gasteiger partial charge in [0.05, 0.1) is 4.47 Å². The first-order chi connectivity index (χ1) is 7.47. The van der Waals surface area contributed by atoms with E-state index in [1.165, 1.54) is 0 Å². The van der Waals surface area contributed by atoms with Crippen LogP contribution in [0.4, 0.5) is 0 Å². The lowest BCUT2D eigenvalue weighted by Gasteiger charge is -2.19. The molecule has 0 aliphatic rings. The highest BCUT2D eigenvalue weighted by Gasteiger charge is 2.17. The minimum atomic E-state index is -0.0174. The molecule has 0 saturated carbocycles. The Morgan fingerprint density at radius 3 is 2.38 bits per heavy atom. The van der Waals surface area contributed by atoms with Gasteiger partial charge in [0.25, 0.3) is 0 Å². The Labute approximate surface area is 137 Å².